The zero-order valence-electron chi connectivity index (χ0n) is 13.3. The zero-order valence-corrected chi connectivity index (χ0v) is 13.3. The third-order valence-electron chi connectivity index (χ3n) is 3.33. The van der Waals surface area contributed by atoms with Gasteiger partial charge in [0.15, 0.2) is 0 Å². The predicted octanol–water partition coefficient (Wildman–Crippen LogP) is 1.96. The van der Waals surface area contributed by atoms with Crippen molar-refractivity contribution in [3.8, 4) is 0 Å². The fourth-order valence-corrected chi connectivity index (χ4v) is 2.25. The van der Waals surface area contributed by atoms with Crippen molar-refractivity contribution in [2.45, 2.75) is 32.9 Å². The number of carbonyl (C=O) groups is 2. The minimum atomic E-state index is -1.06. The van der Waals surface area contributed by atoms with E-state index in [0.717, 1.165) is 5.56 Å². The van der Waals surface area contributed by atoms with E-state index in [2.05, 4.69) is 24.3 Å². The molecule has 0 bridgehead atoms. The van der Waals surface area contributed by atoms with Crippen LogP contribution in [0.5, 0.6) is 0 Å². The van der Waals surface area contributed by atoms with Crippen LogP contribution in [0.1, 0.15) is 29.8 Å². The quantitative estimate of drug-likeness (QED) is 0.818. The average Bonchev–Trinajstić information content (AvgIpc) is 2.95. The molecule has 1 atom stereocenters. The van der Waals surface area contributed by atoms with Gasteiger partial charge in [-0.15, -0.1) is 0 Å². The highest BCUT2D eigenvalue weighted by Crippen LogP contribution is 2.06. The van der Waals surface area contributed by atoms with Crippen molar-refractivity contribution in [3.63, 3.8) is 0 Å². The van der Waals surface area contributed by atoms with E-state index >= 15 is 0 Å². The summed E-state index contributed by atoms with van der Waals surface area (Å²) in [4.78, 5) is 23.6. The summed E-state index contributed by atoms with van der Waals surface area (Å²) in [5.41, 5.74) is 1.22. The number of hydrogen-bond acceptors (Lipinski definition) is 3. The van der Waals surface area contributed by atoms with Crippen molar-refractivity contribution >= 4 is 11.9 Å². The number of aliphatic carboxylic acids is 1. The maximum atomic E-state index is 12.2. The summed E-state index contributed by atoms with van der Waals surface area (Å²) >= 11 is 0. The number of hydrogen-bond donors (Lipinski definition) is 2. The summed E-state index contributed by atoms with van der Waals surface area (Å²) in [5.74, 6) is -1.07. The number of carboxylic acids is 1. The lowest BCUT2D eigenvalue weighted by molar-refractivity contribution is -0.139. The molecule has 2 N–H and O–H groups in total. The molecule has 6 heteroatoms. The first-order chi connectivity index (χ1) is 11.0. The predicted molar refractivity (Wildman–Crippen MR) is 86.1 cm³/mol. The van der Waals surface area contributed by atoms with E-state index in [1.54, 1.807) is 10.9 Å². The standard InChI is InChI=1S/C17H21N3O3/c1-12(2)10-20-11-14(9-18-20)16(21)19-15(17(22)23)8-13-6-4-3-5-7-13/h3-7,9,11-12,15H,8,10H2,1-2H3,(H,19,21)(H,22,23)/t15-/m0/s1. The summed E-state index contributed by atoms with van der Waals surface area (Å²) in [7, 11) is 0. The van der Waals surface area contributed by atoms with Crippen molar-refractivity contribution in [2.24, 2.45) is 5.92 Å². The highest BCUT2D eigenvalue weighted by Gasteiger charge is 2.21. The number of carbonyl (C=O) groups excluding carboxylic acids is 1. The van der Waals surface area contributed by atoms with Crippen LogP contribution in [0.4, 0.5) is 0 Å². The monoisotopic (exact) mass is 315 g/mol. The van der Waals surface area contributed by atoms with Gasteiger partial charge in [-0.05, 0) is 11.5 Å². The highest BCUT2D eigenvalue weighted by molar-refractivity contribution is 5.96. The molecule has 1 aromatic heterocycles. The minimum absolute atomic E-state index is 0.238. The molecular weight excluding hydrogens is 294 g/mol. The highest BCUT2D eigenvalue weighted by atomic mass is 16.4. The van der Waals surface area contributed by atoms with E-state index in [4.69, 9.17) is 0 Å². The molecule has 1 amide bonds. The molecule has 0 saturated carbocycles. The van der Waals surface area contributed by atoms with Crippen LogP contribution < -0.4 is 5.32 Å². The van der Waals surface area contributed by atoms with Crippen molar-refractivity contribution in [1.29, 1.82) is 0 Å². The molecule has 1 heterocycles. The third-order valence-corrected chi connectivity index (χ3v) is 3.33. The topological polar surface area (TPSA) is 84.2 Å². The number of aromatic nitrogens is 2. The van der Waals surface area contributed by atoms with Crippen LogP contribution in [0.3, 0.4) is 0 Å². The molecule has 0 aliphatic heterocycles. The number of nitrogens with one attached hydrogen (secondary N) is 1. The fraction of sp³-hybridized carbons (Fsp3) is 0.353. The second-order valence-corrected chi connectivity index (χ2v) is 5.90. The lowest BCUT2D eigenvalue weighted by Gasteiger charge is -2.14. The van der Waals surface area contributed by atoms with Gasteiger partial charge >= 0.3 is 5.97 Å². The Balaban J connectivity index is 2.03. The molecule has 0 saturated heterocycles. The van der Waals surface area contributed by atoms with E-state index in [0.29, 0.717) is 18.0 Å². The summed E-state index contributed by atoms with van der Waals surface area (Å²) in [5, 5.41) is 16.0. The molecule has 2 rings (SSSR count). The van der Waals surface area contributed by atoms with E-state index in [1.165, 1.54) is 6.20 Å². The van der Waals surface area contributed by atoms with E-state index in [1.807, 2.05) is 30.3 Å². The maximum Gasteiger partial charge on any atom is 0.326 e. The molecule has 0 aliphatic rings. The van der Waals surface area contributed by atoms with Crippen molar-refractivity contribution in [2.75, 3.05) is 0 Å². The van der Waals surface area contributed by atoms with Gasteiger partial charge in [-0.2, -0.15) is 5.10 Å². The van der Waals surface area contributed by atoms with Crippen LogP contribution >= 0.6 is 0 Å². The van der Waals surface area contributed by atoms with Gasteiger partial charge in [0, 0.05) is 19.2 Å². The maximum absolute atomic E-state index is 12.2. The number of benzene rings is 1. The molecular formula is C17H21N3O3. The first-order valence-electron chi connectivity index (χ1n) is 7.55. The molecule has 6 nitrogen and oxygen atoms in total. The Hall–Kier alpha value is -2.63. The number of nitrogens with zero attached hydrogens (tertiary/aromatic N) is 2. The second kappa shape index (κ2) is 7.58. The fourth-order valence-electron chi connectivity index (χ4n) is 2.25. The van der Waals surface area contributed by atoms with Gasteiger partial charge < -0.3 is 10.4 Å². The summed E-state index contributed by atoms with van der Waals surface area (Å²) in [6.07, 6.45) is 3.33. The lowest BCUT2D eigenvalue weighted by Crippen LogP contribution is -2.42. The molecule has 2 aromatic rings. The molecule has 0 fully saturated rings. The van der Waals surface area contributed by atoms with Crippen LogP contribution in [0.25, 0.3) is 0 Å². The Labute approximate surface area is 135 Å². The largest absolute Gasteiger partial charge is 0.480 e. The van der Waals surface area contributed by atoms with Crippen LogP contribution in [0, 0.1) is 5.92 Å². The van der Waals surface area contributed by atoms with Gasteiger partial charge in [-0.1, -0.05) is 44.2 Å². The average molecular weight is 315 g/mol. The van der Waals surface area contributed by atoms with Gasteiger partial charge in [-0.3, -0.25) is 9.48 Å². The van der Waals surface area contributed by atoms with E-state index in [-0.39, 0.29) is 6.42 Å². The molecule has 0 aliphatic carbocycles. The Morgan fingerprint density at radius 2 is 1.96 bits per heavy atom. The van der Waals surface area contributed by atoms with Gasteiger partial charge in [0.1, 0.15) is 6.04 Å². The molecule has 23 heavy (non-hydrogen) atoms. The van der Waals surface area contributed by atoms with Crippen LogP contribution in [0.2, 0.25) is 0 Å². The molecule has 122 valence electrons. The number of amides is 1. The van der Waals surface area contributed by atoms with Crippen LogP contribution in [-0.2, 0) is 17.8 Å². The van der Waals surface area contributed by atoms with Crippen molar-refractivity contribution in [1.82, 2.24) is 15.1 Å². The molecule has 0 unspecified atom stereocenters. The molecule has 0 radical (unpaired) electrons. The van der Waals surface area contributed by atoms with E-state index in [9.17, 15) is 14.7 Å². The zero-order chi connectivity index (χ0) is 16.8. The van der Waals surface area contributed by atoms with Gasteiger partial charge in [0.05, 0.1) is 11.8 Å². The second-order valence-electron chi connectivity index (χ2n) is 5.90. The Kier molecular flexibility index (Phi) is 5.51. The summed E-state index contributed by atoms with van der Waals surface area (Å²) in [6, 6.07) is 8.24. The van der Waals surface area contributed by atoms with Crippen LogP contribution in [0.15, 0.2) is 42.7 Å². The minimum Gasteiger partial charge on any atom is -0.480 e. The molecule has 0 spiro atoms. The lowest BCUT2D eigenvalue weighted by atomic mass is 10.1. The SMILES string of the molecule is CC(C)Cn1cc(C(=O)N[C@@H](Cc2ccccc2)C(=O)O)cn1. The Morgan fingerprint density at radius 1 is 1.26 bits per heavy atom. The normalized spacial score (nSPS) is 12.1. The number of rotatable bonds is 7. The smallest absolute Gasteiger partial charge is 0.326 e. The van der Waals surface area contributed by atoms with E-state index < -0.39 is 17.9 Å². The number of carboxylic acid groups (broad SMARTS) is 1. The van der Waals surface area contributed by atoms with Gasteiger partial charge in [0.2, 0.25) is 0 Å². The van der Waals surface area contributed by atoms with Crippen molar-refractivity contribution in [3.05, 3.63) is 53.9 Å². The first-order valence-corrected chi connectivity index (χ1v) is 7.55. The van der Waals surface area contributed by atoms with Crippen molar-refractivity contribution < 1.29 is 14.7 Å². The van der Waals surface area contributed by atoms with Gasteiger partial charge in [-0.25, -0.2) is 4.79 Å². The molecule has 1 aromatic carbocycles. The Bertz CT molecular complexity index is 665. The Morgan fingerprint density at radius 3 is 2.57 bits per heavy atom. The first kappa shape index (κ1) is 16.7. The third kappa shape index (κ3) is 4.95. The van der Waals surface area contributed by atoms with Crippen LogP contribution in [-0.4, -0.2) is 32.8 Å². The van der Waals surface area contributed by atoms with Gasteiger partial charge in [0.25, 0.3) is 5.91 Å². The summed E-state index contributed by atoms with van der Waals surface area (Å²) in [6.45, 7) is 4.82. The summed E-state index contributed by atoms with van der Waals surface area (Å²) < 4.78 is 1.69.